The van der Waals surface area contributed by atoms with Crippen molar-refractivity contribution in [2.45, 2.75) is 0 Å². The summed E-state index contributed by atoms with van der Waals surface area (Å²) in [5.41, 5.74) is 3.15. The molecule has 1 heterocycles. The molecule has 0 saturated carbocycles. The van der Waals surface area contributed by atoms with Crippen molar-refractivity contribution in [2.75, 3.05) is 5.43 Å². The van der Waals surface area contributed by atoms with E-state index in [1.165, 1.54) is 12.3 Å². The Morgan fingerprint density at radius 2 is 2.00 bits per heavy atom. The maximum absolute atomic E-state index is 10.8. The zero-order chi connectivity index (χ0) is 12.8. The molecule has 0 radical (unpaired) electrons. The van der Waals surface area contributed by atoms with Gasteiger partial charge in [0.2, 0.25) is 0 Å². The summed E-state index contributed by atoms with van der Waals surface area (Å²) in [4.78, 5) is 14.3. The third-order valence-corrected chi connectivity index (χ3v) is 2.18. The van der Waals surface area contributed by atoms with Gasteiger partial charge in [-0.3, -0.25) is 15.5 Å². The van der Waals surface area contributed by atoms with Crippen LogP contribution >= 0.6 is 0 Å². The number of nitro groups is 1. The van der Waals surface area contributed by atoms with Crippen molar-refractivity contribution in [2.24, 2.45) is 5.10 Å². The molecule has 1 N–H and O–H groups in total. The molecule has 6 heteroatoms. The molecule has 0 unspecified atom stereocenters. The van der Waals surface area contributed by atoms with Gasteiger partial charge in [0.15, 0.2) is 0 Å². The Labute approximate surface area is 103 Å². The normalized spacial score (nSPS) is 10.4. The van der Waals surface area contributed by atoms with Crippen LogP contribution in [0.5, 0.6) is 0 Å². The van der Waals surface area contributed by atoms with Crippen molar-refractivity contribution in [3.8, 4) is 0 Å². The van der Waals surface area contributed by atoms with Crippen LogP contribution in [0.4, 0.5) is 11.5 Å². The summed E-state index contributed by atoms with van der Waals surface area (Å²) in [5.74, 6) is 0.576. The second kappa shape index (κ2) is 5.53. The highest BCUT2D eigenvalue weighted by atomic mass is 16.6. The van der Waals surface area contributed by atoms with Crippen LogP contribution in [0, 0.1) is 10.1 Å². The highest BCUT2D eigenvalue weighted by Crippen LogP contribution is 2.15. The lowest BCUT2D eigenvalue weighted by Gasteiger charge is -1.98. The number of nitrogens with one attached hydrogen (secondary N) is 1. The smallest absolute Gasteiger partial charge is 0.261 e. The van der Waals surface area contributed by atoms with Gasteiger partial charge in [-0.25, -0.2) is 4.98 Å². The van der Waals surface area contributed by atoms with E-state index in [1.807, 2.05) is 6.07 Å². The third kappa shape index (κ3) is 2.88. The summed E-state index contributed by atoms with van der Waals surface area (Å²) in [7, 11) is 0. The molecule has 6 nitrogen and oxygen atoms in total. The molecule has 0 aliphatic heterocycles. The van der Waals surface area contributed by atoms with Crippen LogP contribution in [0.15, 0.2) is 53.8 Å². The van der Waals surface area contributed by atoms with Crippen LogP contribution in [0.2, 0.25) is 0 Å². The Morgan fingerprint density at radius 1 is 1.22 bits per heavy atom. The molecule has 0 fully saturated rings. The Kier molecular flexibility index (Phi) is 3.60. The van der Waals surface area contributed by atoms with E-state index in [1.54, 1.807) is 36.5 Å². The van der Waals surface area contributed by atoms with Gasteiger partial charge in [0.25, 0.3) is 5.69 Å². The average molecular weight is 242 g/mol. The number of hydrazone groups is 1. The monoisotopic (exact) mass is 242 g/mol. The quantitative estimate of drug-likeness (QED) is 0.507. The van der Waals surface area contributed by atoms with Gasteiger partial charge in [-0.15, -0.1) is 0 Å². The first kappa shape index (κ1) is 11.7. The summed E-state index contributed by atoms with van der Waals surface area (Å²) in [6.07, 6.45) is 3.02. The number of benzene rings is 1. The molecule has 0 spiro atoms. The average Bonchev–Trinajstić information content (AvgIpc) is 2.40. The zero-order valence-corrected chi connectivity index (χ0v) is 9.35. The van der Waals surface area contributed by atoms with E-state index in [9.17, 15) is 10.1 Å². The van der Waals surface area contributed by atoms with E-state index < -0.39 is 4.92 Å². The number of anilines is 1. The lowest BCUT2D eigenvalue weighted by molar-refractivity contribution is -0.385. The molecule has 18 heavy (non-hydrogen) atoms. The lowest BCUT2D eigenvalue weighted by Crippen LogP contribution is -1.96. The van der Waals surface area contributed by atoms with E-state index in [0.717, 1.165) is 0 Å². The van der Waals surface area contributed by atoms with Crippen molar-refractivity contribution in [3.63, 3.8) is 0 Å². The van der Waals surface area contributed by atoms with Gasteiger partial charge in [0.1, 0.15) is 5.82 Å². The van der Waals surface area contributed by atoms with E-state index in [-0.39, 0.29) is 5.69 Å². The van der Waals surface area contributed by atoms with Gasteiger partial charge < -0.3 is 0 Å². The number of nitro benzene ring substituents is 1. The number of para-hydroxylation sites is 1. The number of aromatic nitrogens is 1. The number of pyridine rings is 1. The van der Waals surface area contributed by atoms with Crippen LogP contribution in [-0.4, -0.2) is 16.1 Å². The molecule has 0 bridgehead atoms. The fraction of sp³-hybridized carbons (Fsp3) is 0. The molecule has 0 saturated heterocycles. The van der Waals surface area contributed by atoms with Gasteiger partial charge >= 0.3 is 0 Å². The second-order valence-electron chi connectivity index (χ2n) is 3.40. The largest absolute Gasteiger partial charge is 0.278 e. The van der Waals surface area contributed by atoms with E-state index >= 15 is 0 Å². The maximum atomic E-state index is 10.8. The molecule has 0 amide bonds. The highest BCUT2D eigenvalue weighted by Gasteiger charge is 2.09. The number of hydrogen-bond donors (Lipinski definition) is 1. The van der Waals surface area contributed by atoms with Gasteiger partial charge in [-0.2, -0.15) is 5.10 Å². The summed E-state index contributed by atoms with van der Waals surface area (Å²) in [6, 6.07) is 11.7. The van der Waals surface area contributed by atoms with Gasteiger partial charge in [-0.05, 0) is 18.2 Å². The minimum atomic E-state index is -0.442. The molecule has 0 aliphatic carbocycles. The standard InChI is InChI=1S/C12H10N4O2/c17-16(18)11-6-2-1-5-10(11)9-14-15-12-7-3-4-8-13-12/h1-9H,(H,13,15)/b14-9+. The summed E-state index contributed by atoms with van der Waals surface area (Å²) >= 11 is 0. The Hall–Kier alpha value is -2.76. The van der Waals surface area contributed by atoms with Crippen molar-refractivity contribution < 1.29 is 4.92 Å². The maximum Gasteiger partial charge on any atom is 0.278 e. The summed E-state index contributed by atoms with van der Waals surface area (Å²) < 4.78 is 0. The lowest BCUT2D eigenvalue weighted by atomic mass is 10.2. The molecule has 0 aliphatic rings. The SMILES string of the molecule is O=[N+]([O-])c1ccccc1/C=N/Nc1ccccn1. The van der Waals surface area contributed by atoms with E-state index in [4.69, 9.17) is 0 Å². The molecule has 1 aromatic carbocycles. The first-order valence-electron chi connectivity index (χ1n) is 5.21. The minimum absolute atomic E-state index is 0.0177. The van der Waals surface area contributed by atoms with E-state index in [0.29, 0.717) is 11.4 Å². The van der Waals surface area contributed by atoms with Crippen LogP contribution in [0.25, 0.3) is 0 Å². The topological polar surface area (TPSA) is 80.4 Å². The van der Waals surface area contributed by atoms with Crippen molar-refractivity contribution in [3.05, 3.63) is 64.3 Å². The zero-order valence-electron chi connectivity index (χ0n) is 9.35. The summed E-state index contributed by atoms with van der Waals surface area (Å²) in [6.45, 7) is 0. The molecule has 2 rings (SSSR count). The van der Waals surface area contributed by atoms with Gasteiger partial charge in [0, 0.05) is 12.3 Å². The fourth-order valence-corrected chi connectivity index (χ4v) is 1.36. The predicted molar refractivity (Wildman–Crippen MR) is 68.6 cm³/mol. The first-order chi connectivity index (χ1) is 8.77. The second-order valence-corrected chi connectivity index (χ2v) is 3.40. The third-order valence-electron chi connectivity index (χ3n) is 2.18. The molecule has 90 valence electrons. The van der Waals surface area contributed by atoms with Crippen LogP contribution in [-0.2, 0) is 0 Å². The Bertz CT molecular complexity index is 569. The number of nitrogens with zero attached hydrogens (tertiary/aromatic N) is 3. The Morgan fingerprint density at radius 3 is 2.72 bits per heavy atom. The van der Waals surface area contributed by atoms with Crippen molar-refractivity contribution in [1.29, 1.82) is 0 Å². The predicted octanol–water partition coefficient (Wildman–Crippen LogP) is 2.44. The van der Waals surface area contributed by atoms with Gasteiger partial charge in [-0.1, -0.05) is 18.2 Å². The fourth-order valence-electron chi connectivity index (χ4n) is 1.36. The van der Waals surface area contributed by atoms with Crippen LogP contribution < -0.4 is 5.43 Å². The van der Waals surface area contributed by atoms with Crippen molar-refractivity contribution in [1.82, 2.24) is 4.98 Å². The molecular weight excluding hydrogens is 232 g/mol. The molecule has 0 atom stereocenters. The van der Waals surface area contributed by atoms with Crippen LogP contribution in [0.1, 0.15) is 5.56 Å². The van der Waals surface area contributed by atoms with Crippen LogP contribution in [0.3, 0.4) is 0 Å². The van der Waals surface area contributed by atoms with E-state index in [2.05, 4.69) is 15.5 Å². The molecular formula is C12H10N4O2. The van der Waals surface area contributed by atoms with Crippen molar-refractivity contribution >= 4 is 17.7 Å². The number of hydrogen-bond acceptors (Lipinski definition) is 5. The summed E-state index contributed by atoms with van der Waals surface area (Å²) in [5, 5.41) is 14.7. The Balaban J connectivity index is 2.12. The van der Waals surface area contributed by atoms with Gasteiger partial charge in [0.05, 0.1) is 16.7 Å². The highest BCUT2D eigenvalue weighted by molar-refractivity contribution is 5.85. The first-order valence-corrected chi connectivity index (χ1v) is 5.21. The molecule has 2 aromatic rings. The minimum Gasteiger partial charge on any atom is -0.261 e. The number of rotatable bonds is 4. The molecule has 1 aromatic heterocycles.